The highest BCUT2D eigenvalue weighted by molar-refractivity contribution is 8.02. The molecule has 0 saturated heterocycles. The van der Waals surface area contributed by atoms with Crippen molar-refractivity contribution in [1.82, 2.24) is 10.2 Å². The van der Waals surface area contributed by atoms with Crippen LogP contribution < -0.4 is 20.1 Å². The molecular weight excluding hydrogens is 336 g/mol. The van der Waals surface area contributed by atoms with Crippen molar-refractivity contribution in [3.05, 3.63) is 18.2 Å². The van der Waals surface area contributed by atoms with Gasteiger partial charge >= 0.3 is 0 Å². The van der Waals surface area contributed by atoms with Gasteiger partial charge < -0.3 is 20.1 Å². The second-order valence-corrected chi connectivity index (χ2v) is 7.01. The lowest BCUT2D eigenvalue weighted by Crippen LogP contribution is -2.22. The Balaban J connectivity index is 2.00. The van der Waals surface area contributed by atoms with Crippen LogP contribution in [0.4, 0.5) is 10.8 Å². The average molecular weight is 354 g/mol. The van der Waals surface area contributed by atoms with Crippen molar-refractivity contribution >= 4 is 39.8 Å². The fraction of sp³-hybridized carbons (Fsp3) is 0.357. The minimum atomic E-state index is -0.305. The molecule has 1 heterocycles. The number of ether oxygens (including phenoxy) is 2. The van der Waals surface area contributed by atoms with Crippen LogP contribution in [0.1, 0.15) is 6.92 Å². The molecule has 0 aliphatic heterocycles. The van der Waals surface area contributed by atoms with Crippen LogP contribution in [-0.4, -0.2) is 42.6 Å². The van der Waals surface area contributed by atoms with E-state index in [1.54, 1.807) is 39.5 Å². The second-order valence-electron chi connectivity index (χ2n) is 4.44. The monoisotopic (exact) mass is 354 g/mol. The number of carbonyl (C=O) groups is 1. The lowest BCUT2D eigenvalue weighted by atomic mass is 10.2. The lowest BCUT2D eigenvalue weighted by Gasteiger charge is -2.13. The fourth-order valence-corrected chi connectivity index (χ4v) is 3.57. The smallest absolute Gasteiger partial charge is 0.237 e. The molecule has 0 aliphatic rings. The second kappa shape index (κ2) is 8.02. The van der Waals surface area contributed by atoms with Gasteiger partial charge in [0.1, 0.15) is 0 Å². The summed E-state index contributed by atoms with van der Waals surface area (Å²) >= 11 is 2.77. The van der Waals surface area contributed by atoms with Gasteiger partial charge in [0, 0.05) is 18.8 Å². The first kappa shape index (κ1) is 17.4. The summed E-state index contributed by atoms with van der Waals surface area (Å²) in [5, 5.41) is 14.2. The van der Waals surface area contributed by atoms with Crippen LogP contribution >= 0.6 is 23.1 Å². The van der Waals surface area contributed by atoms with E-state index in [4.69, 9.17) is 9.47 Å². The third-order valence-corrected chi connectivity index (χ3v) is 5.04. The van der Waals surface area contributed by atoms with Crippen molar-refractivity contribution < 1.29 is 14.3 Å². The zero-order chi connectivity index (χ0) is 16.8. The van der Waals surface area contributed by atoms with E-state index in [-0.39, 0.29) is 11.2 Å². The minimum absolute atomic E-state index is 0.122. The molecule has 23 heavy (non-hydrogen) atoms. The van der Waals surface area contributed by atoms with Crippen LogP contribution in [0.25, 0.3) is 0 Å². The van der Waals surface area contributed by atoms with Crippen molar-refractivity contribution in [3.63, 3.8) is 0 Å². The van der Waals surface area contributed by atoms with Gasteiger partial charge in [0.15, 0.2) is 15.8 Å². The Labute approximate surface area is 142 Å². The quantitative estimate of drug-likeness (QED) is 0.739. The molecule has 1 aromatic carbocycles. The van der Waals surface area contributed by atoms with Gasteiger partial charge in [0.2, 0.25) is 11.0 Å². The zero-order valence-electron chi connectivity index (χ0n) is 13.2. The van der Waals surface area contributed by atoms with Gasteiger partial charge in [-0.1, -0.05) is 23.1 Å². The van der Waals surface area contributed by atoms with E-state index in [1.165, 1.54) is 23.1 Å². The molecule has 2 rings (SSSR count). The molecule has 1 unspecified atom stereocenters. The van der Waals surface area contributed by atoms with E-state index in [2.05, 4.69) is 20.8 Å². The summed E-state index contributed by atoms with van der Waals surface area (Å²) in [6, 6.07) is 5.23. The maximum absolute atomic E-state index is 12.3. The highest BCUT2D eigenvalue weighted by Gasteiger charge is 2.18. The Kier molecular flexibility index (Phi) is 6.05. The first-order valence-corrected chi connectivity index (χ1v) is 8.47. The van der Waals surface area contributed by atoms with Gasteiger partial charge in [0.25, 0.3) is 0 Å². The number of nitrogens with one attached hydrogen (secondary N) is 2. The highest BCUT2D eigenvalue weighted by Crippen LogP contribution is 2.31. The van der Waals surface area contributed by atoms with Crippen LogP contribution in [0.2, 0.25) is 0 Å². The van der Waals surface area contributed by atoms with Crippen molar-refractivity contribution in [3.8, 4) is 11.5 Å². The first-order valence-electron chi connectivity index (χ1n) is 6.78. The molecule has 0 bridgehead atoms. The summed E-state index contributed by atoms with van der Waals surface area (Å²) in [6.45, 7) is 1.82. The van der Waals surface area contributed by atoms with Gasteiger partial charge in [-0.05, 0) is 19.1 Å². The molecule has 0 radical (unpaired) electrons. The Bertz CT molecular complexity index is 678. The van der Waals surface area contributed by atoms with Gasteiger partial charge in [-0.2, -0.15) is 0 Å². The molecule has 9 heteroatoms. The van der Waals surface area contributed by atoms with Gasteiger partial charge in [-0.15, -0.1) is 10.2 Å². The molecular formula is C14H18N4O3S2. The molecule has 2 N–H and O–H groups in total. The minimum Gasteiger partial charge on any atom is -0.493 e. The Hall–Kier alpha value is -2.00. The SMILES string of the molecule is CNc1nnc(SC(C)C(=O)Nc2ccc(OC)c(OC)c2)s1. The number of nitrogens with zero attached hydrogens (tertiary/aromatic N) is 2. The Morgan fingerprint density at radius 2 is 2.00 bits per heavy atom. The molecule has 1 atom stereocenters. The largest absolute Gasteiger partial charge is 0.493 e. The summed E-state index contributed by atoms with van der Waals surface area (Å²) < 4.78 is 11.1. The third-order valence-electron chi connectivity index (χ3n) is 2.92. The van der Waals surface area contributed by atoms with Crippen LogP contribution in [0.3, 0.4) is 0 Å². The Morgan fingerprint density at radius 3 is 2.61 bits per heavy atom. The van der Waals surface area contributed by atoms with Crippen molar-refractivity contribution in [2.24, 2.45) is 0 Å². The maximum Gasteiger partial charge on any atom is 0.237 e. The first-order chi connectivity index (χ1) is 11.1. The van der Waals surface area contributed by atoms with Gasteiger partial charge in [-0.25, -0.2) is 0 Å². The number of methoxy groups -OCH3 is 2. The van der Waals surface area contributed by atoms with Crippen LogP contribution in [-0.2, 0) is 4.79 Å². The fourth-order valence-electron chi connectivity index (χ4n) is 1.72. The number of aromatic nitrogens is 2. The molecule has 7 nitrogen and oxygen atoms in total. The van der Waals surface area contributed by atoms with E-state index in [0.717, 1.165) is 9.47 Å². The predicted molar refractivity (Wildman–Crippen MR) is 93.0 cm³/mol. The van der Waals surface area contributed by atoms with E-state index in [1.807, 2.05) is 6.92 Å². The highest BCUT2D eigenvalue weighted by atomic mass is 32.2. The predicted octanol–water partition coefficient (Wildman–Crippen LogP) is 2.72. The number of rotatable bonds is 7. The van der Waals surface area contributed by atoms with Crippen LogP contribution in [0, 0.1) is 0 Å². The standard InChI is InChI=1S/C14H18N4O3S2/c1-8(22-14-18-17-13(15-2)23-14)12(19)16-9-5-6-10(20-3)11(7-9)21-4/h5-8H,1-4H3,(H,15,17)(H,16,19). The average Bonchev–Trinajstić information content (AvgIpc) is 3.02. The summed E-state index contributed by atoms with van der Waals surface area (Å²) in [5.74, 6) is 1.05. The Morgan fingerprint density at radius 1 is 1.26 bits per heavy atom. The number of hydrogen-bond acceptors (Lipinski definition) is 8. The lowest BCUT2D eigenvalue weighted by molar-refractivity contribution is -0.115. The number of benzene rings is 1. The number of carbonyl (C=O) groups excluding carboxylic acids is 1. The number of amides is 1. The van der Waals surface area contributed by atoms with E-state index >= 15 is 0 Å². The number of hydrogen-bond donors (Lipinski definition) is 2. The molecule has 0 spiro atoms. The third kappa shape index (κ3) is 4.49. The normalized spacial score (nSPS) is 11.7. The summed E-state index contributed by atoms with van der Waals surface area (Å²) in [5.41, 5.74) is 0.647. The summed E-state index contributed by atoms with van der Waals surface area (Å²) in [4.78, 5) is 12.3. The van der Waals surface area contributed by atoms with Crippen LogP contribution in [0.5, 0.6) is 11.5 Å². The zero-order valence-corrected chi connectivity index (χ0v) is 14.9. The van der Waals surface area contributed by atoms with E-state index < -0.39 is 0 Å². The van der Waals surface area contributed by atoms with Crippen LogP contribution in [0.15, 0.2) is 22.5 Å². The number of anilines is 2. The molecule has 1 amide bonds. The molecule has 0 saturated carbocycles. The van der Waals surface area contributed by atoms with Gasteiger partial charge in [-0.3, -0.25) is 4.79 Å². The van der Waals surface area contributed by atoms with Crippen molar-refractivity contribution in [2.45, 2.75) is 16.5 Å². The van der Waals surface area contributed by atoms with Crippen molar-refractivity contribution in [2.75, 3.05) is 31.9 Å². The summed E-state index contributed by atoms with van der Waals surface area (Å²) in [6.07, 6.45) is 0. The molecule has 0 fully saturated rings. The van der Waals surface area contributed by atoms with Crippen molar-refractivity contribution in [1.29, 1.82) is 0 Å². The maximum atomic E-state index is 12.3. The van der Waals surface area contributed by atoms with E-state index in [9.17, 15) is 4.79 Å². The molecule has 0 aliphatic carbocycles. The topological polar surface area (TPSA) is 85.4 Å². The van der Waals surface area contributed by atoms with Gasteiger partial charge in [0.05, 0.1) is 19.5 Å². The molecule has 1 aromatic heterocycles. The number of thioether (sulfide) groups is 1. The van der Waals surface area contributed by atoms with E-state index in [0.29, 0.717) is 17.2 Å². The summed E-state index contributed by atoms with van der Waals surface area (Å²) in [7, 11) is 4.90. The molecule has 124 valence electrons. The molecule has 2 aromatic rings.